The first-order valence-electron chi connectivity index (χ1n) is 9.86. The molecule has 0 aromatic heterocycles. The third-order valence-electron chi connectivity index (χ3n) is 5.24. The van der Waals surface area contributed by atoms with Crippen molar-refractivity contribution in [3.05, 3.63) is 53.6 Å². The Kier molecular flexibility index (Phi) is 5.87. The van der Waals surface area contributed by atoms with Crippen molar-refractivity contribution in [1.29, 1.82) is 0 Å². The van der Waals surface area contributed by atoms with Gasteiger partial charge in [0, 0.05) is 38.4 Å². The molecule has 0 saturated carbocycles. The molecule has 11 heteroatoms. The van der Waals surface area contributed by atoms with Crippen LogP contribution in [0.15, 0.2) is 42.5 Å². The lowest BCUT2D eigenvalue weighted by Gasteiger charge is -2.35. The first kappa shape index (κ1) is 22.2. The Morgan fingerprint density at radius 2 is 1.75 bits per heavy atom. The minimum atomic E-state index is -4.44. The van der Waals surface area contributed by atoms with Crippen molar-refractivity contribution in [1.82, 2.24) is 9.80 Å². The van der Waals surface area contributed by atoms with Crippen LogP contribution in [0.2, 0.25) is 0 Å². The fourth-order valence-corrected chi connectivity index (χ4v) is 3.58. The van der Waals surface area contributed by atoms with Crippen LogP contribution in [0.3, 0.4) is 0 Å². The van der Waals surface area contributed by atoms with Crippen molar-refractivity contribution in [2.75, 3.05) is 38.6 Å². The number of carbonyl (C=O) groups is 1. The summed E-state index contributed by atoms with van der Waals surface area (Å²) in [4.78, 5) is 16.3. The third-order valence-corrected chi connectivity index (χ3v) is 5.24. The molecule has 172 valence electrons. The summed E-state index contributed by atoms with van der Waals surface area (Å²) in [5.74, 6) is 0.0680. The Morgan fingerprint density at radius 3 is 2.41 bits per heavy atom. The highest BCUT2D eigenvalue weighted by molar-refractivity contribution is 5.89. The average Bonchev–Trinajstić information content (AvgIpc) is 2.74. The number of carbonyl (C=O) groups excluding carboxylic acids is 1. The van der Waals surface area contributed by atoms with Gasteiger partial charge in [0.1, 0.15) is 11.5 Å². The van der Waals surface area contributed by atoms with Gasteiger partial charge in [0.05, 0.1) is 12.7 Å². The second-order valence-electron chi connectivity index (χ2n) is 7.44. The number of anilines is 1. The van der Waals surface area contributed by atoms with E-state index in [-0.39, 0.29) is 5.69 Å². The molecule has 2 amide bonds. The van der Waals surface area contributed by atoms with Crippen molar-refractivity contribution in [3.63, 3.8) is 0 Å². The van der Waals surface area contributed by atoms with Gasteiger partial charge in [0.15, 0.2) is 0 Å². The van der Waals surface area contributed by atoms with E-state index in [4.69, 9.17) is 4.74 Å². The highest BCUT2D eigenvalue weighted by Crippen LogP contribution is 2.46. The molecule has 0 spiro atoms. The molecule has 1 saturated heterocycles. The average molecular weight is 455 g/mol. The van der Waals surface area contributed by atoms with Crippen molar-refractivity contribution in [2.24, 2.45) is 0 Å². The molecular weight excluding hydrogens is 434 g/mol. The molecular formula is C21H21F4N3O4. The molecule has 2 heterocycles. The summed E-state index contributed by atoms with van der Waals surface area (Å²) in [6, 6.07) is 10.3. The van der Waals surface area contributed by atoms with Crippen LogP contribution in [-0.2, 0) is 17.4 Å². The smallest absolute Gasteiger partial charge is 0.497 e. The van der Waals surface area contributed by atoms with Gasteiger partial charge < -0.3 is 19.7 Å². The van der Waals surface area contributed by atoms with Crippen molar-refractivity contribution < 1.29 is 36.6 Å². The molecule has 2 aliphatic rings. The number of nitrogens with zero attached hydrogens (tertiary/aromatic N) is 2. The van der Waals surface area contributed by atoms with Gasteiger partial charge in [-0.3, -0.25) is 4.90 Å². The molecule has 7 nitrogen and oxygen atoms in total. The van der Waals surface area contributed by atoms with Crippen LogP contribution in [0.5, 0.6) is 11.5 Å². The van der Waals surface area contributed by atoms with Crippen LogP contribution in [0.1, 0.15) is 11.1 Å². The van der Waals surface area contributed by atoms with Gasteiger partial charge in [-0.05, 0) is 35.9 Å². The SMILES string of the molecule is COc1ccc(CN2CCN(C(=O)Nc3ccc4c(c3)C(F)(F)OC(F)(F)O4)CC2)cc1. The van der Waals surface area contributed by atoms with E-state index < -0.39 is 29.7 Å². The van der Waals surface area contributed by atoms with Gasteiger partial charge in [-0.2, -0.15) is 8.78 Å². The summed E-state index contributed by atoms with van der Waals surface area (Å²) in [5, 5.41) is 2.52. The lowest BCUT2D eigenvalue weighted by atomic mass is 10.1. The summed E-state index contributed by atoms with van der Waals surface area (Å²) in [6.07, 6.45) is -8.70. The van der Waals surface area contributed by atoms with Crippen molar-refractivity contribution in [3.8, 4) is 11.5 Å². The maximum absolute atomic E-state index is 13.9. The summed E-state index contributed by atoms with van der Waals surface area (Å²) < 4.78 is 66.8. The minimum Gasteiger partial charge on any atom is -0.497 e. The molecule has 0 radical (unpaired) electrons. The number of rotatable bonds is 4. The van der Waals surface area contributed by atoms with Gasteiger partial charge in [0.25, 0.3) is 0 Å². The summed E-state index contributed by atoms with van der Waals surface area (Å²) in [7, 11) is 1.61. The maximum Gasteiger partial charge on any atom is 0.540 e. The number of nitrogens with one attached hydrogen (secondary N) is 1. The Bertz CT molecular complexity index is 980. The Labute approximate surface area is 181 Å². The number of ether oxygens (including phenoxy) is 3. The van der Waals surface area contributed by atoms with E-state index in [1.54, 1.807) is 12.0 Å². The zero-order valence-corrected chi connectivity index (χ0v) is 17.1. The number of piperazine rings is 1. The number of methoxy groups -OCH3 is 1. The van der Waals surface area contributed by atoms with E-state index in [1.807, 2.05) is 24.3 Å². The van der Waals surface area contributed by atoms with E-state index in [1.165, 1.54) is 6.07 Å². The van der Waals surface area contributed by atoms with E-state index >= 15 is 0 Å². The minimum absolute atomic E-state index is 0.0199. The molecule has 0 aliphatic carbocycles. The highest BCUT2D eigenvalue weighted by Gasteiger charge is 2.54. The molecule has 2 aliphatic heterocycles. The van der Waals surface area contributed by atoms with E-state index in [2.05, 4.69) is 19.7 Å². The summed E-state index contributed by atoms with van der Waals surface area (Å²) >= 11 is 0. The van der Waals surface area contributed by atoms with Gasteiger partial charge in [0.2, 0.25) is 0 Å². The second-order valence-corrected chi connectivity index (χ2v) is 7.44. The number of fused-ring (bicyclic) bond motifs is 1. The van der Waals surface area contributed by atoms with Crippen LogP contribution < -0.4 is 14.8 Å². The van der Waals surface area contributed by atoms with Crippen LogP contribution in [0.4, 0.5) is 28.0 Å². The molecule has 0 bridgehead atoms. The quantitative estimate of drug-likeness (QED) is 0.705. The lowest BCUT2D eigenvalue weighted by molar-refractivity contribution is -0.461. The van der Waals surface area contributed by atoms with Crippen LogP contribution in [0.25, 0.3) is 0 Å². The molecule has 1 fully saturated rings. The van der Waals surface area contributed by atoms with E-state index in [0.29, 0.717) is 26.2 Å². The summed E-state index contributed by atoms with van der Waals surface area (Å²) in [5.41, 5.74) is 0.255. The zero-order valence-electron chi connectivity index (χ0n) is 17.1. The first-order valence-corrected chi connectivity index (χ1v) is 9.86. The number of urea groups is 1. The number of benzene rings is 2. The number of alkyl halides is 4. The molecule has 0 unspecified atom stereocenters. The zero-order chi connectivity index (χ0) is 22.9. The fraction of sp³-hybridized carbons (Fsp3) is 0.381. The molecule has 2 aromatic carbocycles. The molecule has 2 aromatic rings. The van der Waals surface area contributed by atoms with Crippen LogP contribution in [-0.4, -0.2) is 55.4 Å². The standard InChI is InChI=1S/C21H21F4N3O4/c1-30-16-5-2-14(3-6-16)13-27-8-10-28(11-9-27)19(29)26-15-4-7-18-17(12-15)20(22,23)32-21(24,25)31-18/h2-7,12H,8-11,13H2,1H3,(H,26,29). The summed E-state index contributed by atoms with van der Waals surface area (Å²) in [6.45, 7) is 2.89. The van der Waals surface area contributed by atoms with Crippen molar-refractivity contribution in [2.45, 2.75) is 18.9 Å². The van der Waals surface area contributed by atoms with Crippen LogP contribution in [0, 0.1) is 0 Å². The largest absolute Gasteiger partial charge is 0.540 e. The van der Waals surface area contributed by atoms with Crippen LogP contribution >= 0.6 is 0 Å². The molecule has 1 N–H and O–H groups in total. The van der Waals surface area contributed by atoms with E-state index in [9.17, 15) is 22.4 Å². The number of amides is 2. The molecule has 4 rings (SSSR count). The highest BCUT2D eigenvalue weighted by atomic mass is 19.3. The number of halogens is 4. The van der Waals surface area contributed by atoms with Gasteiger partial charge in [-0.15, -0.1) is 8.78 Å². The number of hydrogen-bond acceptors (Lipinski definition) is 5. The fourth-order valence-electron chi connectivity index (χ4n) is 3.58. The normalized spacial score (nSPS) is 19.6. The Balaban J connectivity index is 1.33. The van der Waals surface area contributed by atoms with Gasteiger partial charge in [-0.1, -0.05) is 12.1 Å². The van der Waals surface area contributed by atoms with Crippen molar-refractivity contribution >= 4 is 11.7 Å². The predicted octanol–water partition coefficient (Wildman–Crippen LogP) is 4.05. The van der Waals surface area contributed by atoms with Gasteiger partial charge in [-0.25, -0.2) is 9.53 Å². The van der Waals surface area contributed by atoms with E-state index in [0.717, 1.165) is 30.0 Å². The second kappa shape index (κ2) is 8.47. The monoisotopic (exact) mass is 455 g/mol. The molecule has 0 atom stereocenters. The third kappa shape index (κ3) is 4.89. The topological polar surface area (TPSA) is 63.3 Å². The van der Waals surface area contributed by atoms with Gasteiger partial charge >= 0.3 is 18.4 Å². The maximum atomic E-state index is 13.9. The molecule has 32 heavy (non-hydrogen) atoms. The first-order chi connectivity index (χ1) is 15.1. The lowest BCUT2D eigenvalue weighted by Crippen LogP contribution is -2.49. The number of hydrogen-bond donors (Lipinski definition) is 1. The Hall–Kier alpha value is -3.05. The Morgan fingerprint density at radius 1 is 1.06 bits per heavy atom. The predicted molar refractivity (Wildman–Crippen MR) is 106 cm³/mol.